The number of aliphatic hydroxyl groups excluding tert-OH is 1. The molecule has 1 amide bonds. The van der Waals surface area contributed by atoms with Gasteiger partial charge in [-0.15, -0.1) is 0 Å². The standard InChI is InChI=1S/C31H33N3O5S/c1-3-38-23-14-12-22(13-15-23)32-30-28(31(37)39-4-2)29(36)26(40-30)18-21-19-34(25-11-7-6-10-24(21)25)20-27(35)33-16-8-5-9-17-33/h6-7,10-15,18-19,36H,3-5,8-9,16-17,20H2,1-2H3/b26-18-,32-30?. The van der Waals surface area contributed by atoms with Crippen LogP contribution in [0.15, 0.2) is 76.0 Å². The Morgan fingerprint density at radius 3 is 2.50 bits per heavy atom. The Balaban J connectivity index is 1.49. The number of thioether (sulfide) groups is 1. The molecule has 0 unspecified atom stereocenters. The van der Waals surface area contributed by atoms with E-state index in [1.54, 1.807) is 19.1 Å². The number of carbonyl (C=O) groups is 2. The second-order valence-corrected chi connectivity index (χ2v) is 10.6. The van der Waals surface area contributed by atoms with E-state index in [2.05, 4.69) is 4.99 Å². The molecule has 0 aliphatic carbocycles. The van der Waals surface area contributed by atoms with E-state index in [4.69, 9.17) is 9.47 Å². The van der Waals surface area contributed by atoms with Crippen molar-refractivity contribution in [2.45, 2.75) is 39.7 Å². The minimum absolute atomic E-state index is 0.0380. The van der Waals surface area contributed by atoms with Gasteiger partial charge in [-0.3, -0.25) is 4.79 Å². The van der Waals surface area contributed by atoms with Crippen LogP contribution in [0.1, 0.15) is 38.7 Å². The second kappa shape index (κ2) is 12.5. The number of esters is 1. The number of aromatic nitrogens is 1. The van der Waals surface area contributed by atoms with Gasteiger partial charge in [-0.1, -0.05) is 30.0 Å². The van der Waals surface area contributed by atoms with Gasteiger partial charge in [0.2, 0.25) is 5.91 Å². The van der Waals surface area contributed by atoms with Gasteiger partial charge in [-0.2, -0.15) is 0 Å². The van der Waals surface area contributed by atoms with E-state index >= 15 is 0 Å². The molecular formula is C31H33N3O5S. The molecule has 1 fully saturated rings. The number of para-hydroxylation sites is 1. The largest absolute Gasteiger partial charge is 0.506 e. The highest BCUT2D eigenvalue weighted by atomic mass is 32.2. The number of rotatable bonds is 8. The number of aliphatic hydroxyl groups is 1. The third kappa shape index (κ3) is 5.94. The lowest BCUT2D eigenvalue weighted by molar-refractivity contribution is -0.138. The summed E-state index contributed by atoms with van der Waals surface area (Å²) in [6.45, 7) is 6.22. The molecule has 0 saturated carbocycles. The molecule has 2 aliphatic heterocycles. The van der Waals surface area contributed by atoms with Gasteiger partial charge in [0.05, 0.1) is 23.8 Å². The molecule has 2 aliphatic rings. The van der Waals surface area contributed by atoms with E-state index in [1.807, 2.05) is 65.1 Å². The molecule has 3 heterocycles. The van der Waals surface area contributed by atoms with Gasteiger partial charge in [0, 0.05) is 35.8 Å². The number of aliphatic imine (C=N–C) groups is 1. The van der Waals surface area contributed by atoms with Gasteiger partial charge >= 0.3 is 5.97 Å². The van der Waals surface area contributed by atoms with Crippen molar-refractivity contribution < 1.29 is 24.2 Å². The summed E-state index contributed by atoms with van der Waals surface area (Å²) in [6, 6.07) is 15.1. The Morgan fingerprint density at radius 1 is 1.02 bits per heavy atom. The smallest absolute Gasteiger partial charge is 0.344 e. The zero-order chi connectivity index (χ0) is 28.1. The zero-order valence-electron chi connectivity index (χ0n) is 22.8. The molecule has 0 radical (unpaired) electrons. The Bertz CT molecular complexity index is 1500. The number of hydrogen-bond donors (Lipinski definition) is 1. The van der Waals surface area contributed by atoms with Crippen molar-refractivity contribution >= 4 is 51.3 Å². The van der Waals surface area contributed by atoms with Gasteiger partial charge in [0.15, 0.2) is 0 Å². The normalized spacial score (nSPS) is 17.7. The number of amides is 1. The van der Waals surface area contributed by atoms with Crippen molar-refractivity contribution in [1.82, 2.24) is 9.47 Å². The average Bonchev–Trinajstić information content (AvgIpc) is 3.47. The summed E-state index contributed by atoms with van der Waals surface area (Å²) in [5, 5.41) is 12.5. The number of piperidine rings is 1. The summed E-state index contributed by atoms with van der Waals surface area (Å²) in [7, 11) is 0. The lowest BCUT2D eigenvalue weighted by Crippen LogP contribution is -2.37. The highest BCUT2D eigenvalue weighted by Crippen LogP contribution is 2.41. The number of fused-ring (bicyclic) bond motifs is 1. The molecule has 3 aromatic rings. The minimum Gasteiger partial charge on any atom is -0.506 e. The highest BCUT2D eigenvalue weighted by Gasteiger charge is 2.33. The topological polar surface area (TPSA) is 93.4 Å². The van der Waals surface area contributed by atoms with Crippen LogP contribution in [0.2, 0.25) is 0 Å². The number of nitrogens with zero attached hydrogens (tertiary/aromatic N) is 3. The molecular weight excluding hydrogens is 526 g/mol. The van der Waals surface area contributed by atoms with E-state index < -0.39 is 5.97 Å². The molecule has 1 aromatic heterocycles. The predicted octanol–water partition coefficient (Wildman–Crippen LogP) is 6.25. The molecule has 0 spiro atoms. The minimum atomic E-state index is -0.629. The molecule has 0 bridgehead atoms. The van der Waals surface area contributed by atoms with Crippen LogP contribution in [0.5, 0.6) is 5.75 Å². The van der Waals surface area contributed by atoms with Crippen molar-refractivity contribution in [2.75, 3.05) is 26.3 Å². The van der Waals surface area contributed by atoms with Crippen LogP contribution >= 0.6 is 11.8 Å². The van der Waals surface area contributed by atoms with Crippen LogP contribution in [0.25, 0.3) is 17.0 Å². The van der Waals surface area contributed by atoms with Gasteiger partial charge in [-0.05, 0) is 69.5 Å². The fourth-order valence-electron chi connectivity index (χ4n) is 4.94. The Morgan fingerprint density at radius 2 is 1.77 bits per heavy atom. The Hall–Kier alpha value is -3.98. The first kappa shape index (κ1) is 27.6. The van der Waals surface area contributed by atoms with E-state index in [1.165, 1.54) is 18.2 Å². The highest BCUT2D eigenvalue weighted by molar-refractivity contribution is 8.18. The summed E-state index contributed by atoms with van der Waals surface area (Å²) >= 11 is 1.21. The molecule has 5 rings (SSSR count). The third-order valence-corrected chi connectivity index (χ3v) is 7.89. The van der Waals surface area contributed by atoms with Crippen molar-refractivity contribution in [3.05, 3.63) is 76.5 Å². The molecule has 1 N–H and O–H groups in total. The average molecular weight is 560 g/mol. The summed E-state index contributed by atoms with van der Waals surface area (Å²) in [5.74, 6) is 0.0294. The molecule has 2 aromatic carbocycles. The number of hydrogen-bond acceptors (Lipinski definition) is 7. The maximum atomic E-state index is 13.0. The van der Waals surface area contributed by atoms with Crippen LogP contribution in [-0.4, -0.2) is 57.8 Å². The SMILES string of the molecule is CCOC(=O)C1=C(O)/C(=C/c2cn(CC(=O)N3CCCCC3)c3ccccc23)SC1=Nc1ccc(OCC)cc1. The molecule has 208 valence electrons. The van der Waals surface area contributed by atoms with Gasteiger partial charge in [0.1, 0.15) is 28.7 Å². The second-order valence-electron chi connectivity index (χ2n) is 9.57. The maximum absolute atomic E-state index is 13.0. The Kier molecular flexibility index (Phi) is 8.60. The first-order valence-electron chi connectivity index (χ1n) is 13.7. The van der Waals surface area contributed by atoms with Crippen LogP contribution in [-0.2, 0) is 20.9 Å². The van der Waals surface area contributed by atoms with Crippen LogP contribution in [0, 0.1) is 0 Å². The van der Waals surface area contributed by atoms with Crippen molar-refractivity contribution in [3.63, 3.8) is 0 Å². The molecule has 8 nitrogen and oxygen atoms in total. The molecule has 9 heteroatoms. The number of ether oxygens (including phenoxy) is 2. The van der Waals surface area contributed by atoms with E-state index in [0.717, 1.165) is 48.1 Å². The monoisotopic (exact) mass is 559 g/mol. The Labute approximate surface area is 238 Å². The lowest BCUT2D eigenvalue weighted by atomic mass is 10.1. The zero-order valence-corrected chi connectivity index (χ0v) is 23.6. The summed E-state index contributed by atoms with van der Waals surface area (Å²) in [5.41, 5.74) is 2.42. The number of carbonyl (C=O) groups excluding carboxylic acids is 2. The molecule has 1 saturated heterocycles. The third-order valence-electron chi connectivity index (χ3n) is 6.87. The first-order chi connectivity index (χ1) is 19.5. The summed E-state index contributed by atoms with van der Waals surface area (Å²) < 4.78 is 12.7. The van der Waals surface area contributed by atoms with Crippen LogP contribution in [0.3, 0.4) is 0 Å². The number of benzene rings is 2. The van der Waals surface area contributed by atoms with Gasteiger partial charge in [-0.25, -0.2) is 9.79 Å². The van der Waals surface area contributed by atoms with Gasteiger partial charge < -0.3 is 24.0 Å². The van der Waals surface area contributed by atoms with Crippen molar-refractivity contribution in [2.24, 2.45) is 4.99 Å². The summed E-state index contributed by atoms with van der Waals surface area (Å²) in [6.07, 6.45) is 7.02. The fourth-order valence-corrected chi connectivity index (χ4v) is 5.97. The van der Waals surface area contributed by atoms with Gasteiger partial charge in [0.25, 0.3) is 0 Å². The lowest BCUT2D eigenvalue weighted by Gasteiger charge is -2.27. The maximum Gasteiger partial charge on any atom is 0.344 e. The predicted molar refractivity (Wildman–Crippen MR) is 159 cm³/mol. The van der Waals surface area contributed by atoms with E-state index in [-0.39, 0.29) is 30.4 Å². The van der Waals surface area contributed by atoms with E-state index in [0.29, 0.717) is 22.2 Å². The van der Waals surface area contributed by atoms with Crippen LogP contribution < -0.4 is 4.74 Å². The molecule has 0 atom stereocenters. The summed E-state index contributed by atoms with van der Waals surface area (Å²) in [4.78, 5) is 33.0. The fraction of sp³-hybridized carbons (Fsp3) is 0.323. The molecule has 40 heavy (non-hydrogen) atoms. The first-order valence-corrected chi connectivity index (χ1v) is 14.5. The number of likely N-dealkylation sites (tertiary alicyclic amines) is 1. The van der Waals surface area contributed by atoms with E-state index in [9.17, 15) is 14.7 Å². The van der Waals surface area contributed by atoms with Crippen molar-refractivity contribution in [3.8, 4) is 5.75 Å². The van der Waals surface area contributed by atoms with Crippen LogP contribution in [0.4, 0.5) is 5.69 Å². The van der Waals surface area contributed by atoms with Crippen molar-refractivity contribution in [1.29, 1.82) is 0 Å². The quantitative estimate of drug-likeness (QED) is 0.328.